The van der Waals surface area contributed by atoms with Crippen molar-refractivity contribution < 1.29 is 4.84 Å². The Morgan fingerprint density at radius 1 is 1.25 bits per heavy atom. The van der Waals surface area contributed by atoms with E-state index in [9.17, 15) is 0 Å². The summed E-state index contributed by atoms with van der Waals surface area (Å²) in [6.45, 7) is 0. The minimum Gasteiger partial charge on any atom is -0.412 e. The summed E-state index contributed by atoms with van der Waals surface area (Å²) in [7, 11) is 0. The molecule has 1 aromatic rings. The van der Waals surface area contributed by atoms with Gasteiger partial charge in [-0.25, -0.2) is 0 Å². The van der Waals surface area contributed by atoms with Crippen LogP contribution < -0.4 is 5.48 Å². The fourth-order valence-corrected chi connectivity index (χ4v) is 2.49. The number of allylic oxidation sites excluding steroid dienone is 3. The van der Waals surface area contributed by atoms with Crippen LogP contribution in [0.2, 0.25) is 0 Å². The van der Waals surface area contributed by atoms with Gasteiger partial charge in [0, 0.05) is 10.4 Å². The smallest absolute Gasteiger partial charge is 0.129 e. The van der Waals surface area contributed by atoms with E-state index in [4.69, 9.17) is 4.84 Å². The van der Waals surface area contributed by atoms with Crippen LogP contribution in [-0.2, 0) is 4.84 Å². The highest BCUT2D eigenvalue weighted by Crippen LogP contribution is 2.38. The molecule has 0 bridgehead atoms. The van der Waals surface area contributed by atoms with Crippen LogP contribution in [0.15, 0.2) is 52.7 Å². The molecule has 0 aromatic heterocycles. The van der Waals surface area contributed by atoms with E-state index in [-0.39, 0.29) is 6.04 Å². The van der Waals surface area contributed by atoms with Gasteiger partial charge in [0.2, 0.25) is 0 Å². The molecule has 0 amide bonds. The van der Waals surface area contributed by atoms with E-state index in [1.54, 1.807) is 0 Å². The Labute approximate surface area is 103 Å². The summed E-state index contributed by atoms with van der Waals surface area (Å²) in [6.07, 6.45) is 7.33. The van der Waals surface area contributed by atoms with E-state index in [1.807, 2.05) is 6.08 Å². The second kappa shape index (κ2) is 4.07. The number of hydroxylamine groups is 1. The predicted molar refractivity (Wildman–Crippen MR) is 66.4 cm³/mol. The molecule has 3 heteroatoms. The second-order valence-electron chi connectivity index (χ2n) is 4.09. The average Bonchev–Trinajstić information content (AvgIpc) is 2.74. The van der Waals surface area contributed by atoms with Gasteiger partial charge < -0.3 is 4.84 Å². The monoisotopic (exact) mass is 277 g/mol. The number of hydrogen-bond donors (Lipinski definition) is 1. The van der Waals surface area contributed by atoms with Gasteiger partial charge >= 0.3 is 0 Å². The number of rotatable bonds is 1. The number of benzene rings is 1. The second-order valence-corrected chi connectivity index (χ2v) is 5.00. The molecule has 1 fully saturated rings. The molecule has 1 aliphatic carbocycles. The molecular formula is C13H12BrNO. The van der Waals surface area contributed by atoms with Gasteiger partial charge in [0.1, 0.15) is 5.76 Å². The van der Waals surface area contributed by atoms with Crippen molar-refractivity contribution in [2.24, 2.45) is 5.92 Å². The average molecular weight is 278 g/mol. The van der Waals surface area contributed by atoms with E-state index in [0.717, 1.165) is 16.7 Å². The van der Waals surface area contributed by atoms with Crippen LogP contribution in [0.3, 0.4) is 0 Å². The van der Waals surface area contributed by atoms with Crippen molar-refractivity contribution in [1.29, 1.82) is 0 Å². The first-order valence-corrected chi connectivity index (χ1v) is 6.18. The highest BCUT2D eigenvalue weighted by molar-refractivity contribution is 9.10. The van der Waals surface area contributed by atoms with Crippen molar-refractivity contribution in [2.75, 3.05) is 0 Å². The Kier molecular flexibility index (Phi) is 2.58. The van der Waals surface area contributed by atoms with E-state index < -0.39 is 0 Å². The Bertz CT molecular complexity index is 450. The largest absolute Gasteiger partial charge is 0.412 e. The first-order chi connectivity index (χ1) is 7.84. The van der Waals surface area contributed by atoms with Crippen molar-refractivity contribution in [3.8, 4) is 0 Å². The highest BCUT2D eigenvalue weighted by Gasteiger charge is 2.34. The molecule has 16 heavy (non-hydrogen) atoms. The molecular weight excluding hydrogens is 266 g/mol. The lowest BCUT2D eigenvalue weighted by Gasteiger charge is -2.16. The SMILES string of the molecule is Brc1ccc(C2NOC3=CC=CCC32)cc1. The Morgan fingerprint density at radius 3 is 2.88 bits per heavy atom. The molecule has 1 heterocycles. The van der Waals surface area contributed by atoms with Crippen LogP contribution >= 0.6 is 15.9 Å². The normalized spacial score (nSPS) is 27.2. The molecule has 0 saturated carbocycles. The number of hydrogen-bond acceptors (Lipinski definition) is 2. The molecule has 1 aromatic carbocycles. The van der Waals surface area contributed by atoms with Crippen LogP contribution in [0.1, 0.15) is 18.0 Å². The number of halogens is 1. The van der Waals surface area contributed by atoms with Crippen LogP contribution in [0.5, 0.6) is 0 Å². The molecule has 2 aliphatic rings. The summed E-state index contributed by atoms with van der Waals surface area (Å²) in [5, 5.41) is 0. The topological polar surface area (TPSA) is 21.3 Å². The number of nitrogens with one attached hydrogen (secondary N) is 1. The molecule has 2 atom stereocenters. The summed E-state index contributed by atoms with van der Waals surface area (Å²) in [4.78, 5) is 5.50. The van der Waals surface area contributed by atoms with Crippen molar-refractivity contribution >= 4 is 15.9 Å². The van der Waals surface area contributed by atoms with Crippen molar-refractivity contribution in [2.45, 2.75) is 12.5 Å². The van der Waals surface area contributed by atoms with Gasteiger partial charge in [-0.3, -0.25) is 0 Å². The van der Waals surface area contributed by atoms with Crippen LogP contribution in [-0.4, -0.2) is 0 Å². The molecule has 82 valence electrons. The maximum atomic E-state index is 5.50. The zero-order valence-electron chi connectivity index (χ0n) is 8.69. The summed E-state index contributed by atoms with van der Waals surface area (Å²) in [5.74, 6) is 1.49. The van der Waals surface area contributed by atoms with Crippen molar-refractivity contribution in [3.63, 3.8) is 0 Å². The van der Waals surface area contributed by atoms with Gasteiger partial charge in [-0.1, -0.05) is 40.2 Å². The fourth-order valence-electron chi connectivity index (χ4n) is 2.22. The molecule has 3 rings (SSSR count). The third-order valence-electron chi connectivity index (χ3n) is 3.09. The number of fused-ring (bicyclic) bond motifs is 1. The lowest BCUT2D eigenvalue weighted by Crippen LogP contribution is -2.17. The zero-order valence-corrected chi connectivity index (χ0v) is 10.3. The highest BCUT2D eigenvalue weighted by atomic mass is 79.9. The van der Waals surface area contributed by atoms with Crippen molar-refractivity contribution in [3.05, 3.63) is 58.3 Å². The zero-order chi connectivity index (χ0) is 11.0. The fraction of sp³-hybridized carbons (Fsp3) is 0.231. The predicted octanol–water partition coefficient (Wildman–Crippen LogP) is 3.49. The van der Waals surface area contributed by atoms with E-state index in [2.05, 4.69) is 57.8 Å². The van der Waals surface area contributed by atoms with Crippen LogP contribution in [0, 0.1) is 5.92 Å². The summed E-state index contributed by atoms with van der Waals surface area (Å²) >= 11 is 3.45. The minimum atomic E-state index is 0.268. The maximum Gasteiger partial charge on any atom is 0.129 e. The van der Waals surface area contributed by atoms with Crippen molar-refractivity contribution in [1.82, 2.24) is 5.48 Å². The van der Waals surface area contributed by atoms with E-state index in [1.165, 1.54) is 5.56 Å². The quantitative estimate of drug-likeness (QED) is 0.849. The first-order valence-electron chi connectivity index (χ1n) is 5.39. The first kappa shape index (κ1) is 10.1. The molecule has 0 spiro atoms. The molecule has 1 aliphatic heterocycles. The minimum absolute atomic E-state index is 0.268. The third-order valence-corrected chi connectivity index (χ3v) is 3.62. The molecule has 1 saturated heterocycles. The van der Waals surface area contributed by atoms with Gasteiger partial charge in [0.25, 0.3) is 0 Å². The van der Waals surface area contributed by atoms with Gasteiger partial charge in [0.15, 0.2) is 0 Å². The summed E-state index contributed by atoms with van der Waals surface area (Å²) in [5.41, 5.74) is 4.38. The molecule has 1 N–H and O–H groups in total. The van der Waals surface area contributed by atoms with Gasteiger partial charge in [-0.15, -0.1) is 5.48 Å². The van der Waals surface area contributed by atoms with Gasteiger partial charge in [0.05, 0.1) is 6.04 Å². The summed E-state index contributed by atoms with van der Waals surface area (Å²) in [6, 6.07) is 8.66. The van der Waals surface area contributed by atoms with Gasteiger partial charge in [-0.05, 0) is 30.2 Å². The third kappa shape index (κ3) is 1.70. The van der Waals surface area contributed by atoms with E-state index >= 15 is 0 Å². The Balaban J connectivity index is 1.89. The molecule has 2 unspecified atom stereocenters. The summed E-state index contributed by atoms with van der Waals surface area (Å²) < 4.78 is 1.11. The van der Waals surface area contributed by atoms with E-state index in [0.29, 0.717) is 5.92 Å². The lowest BCUT2D eigenvalue weighted by atomic mass is 9.88. The molecule has 2 nitrogen and oxygen atoms in total. The van der Waals surface area contributed by atoms with Gasteiger partial charge in [-0.2, -0.15) is 0 Å². The Hall–Kier alpha value is -1.06. The van der Waals surface area contributed by atoms with Crippen LogP contribution in [0.25, 0.3) is 0 Å². The Morgan fingerprint density at radius 2 is 2.06 bits per heavy atom. The lowest BCUT2D eigenvalue weighted by molar-refractivity contribution is 0.135. The van der Waals surface area contributed by atoms with Crippen LogP contribution in [0.4, 0.5) is 0 Å². The maximum absolute atomic E-state index is 5.50. The molecule has 0 radical (unpaired) electrons. The standard InChI is InChI=1S/C13H12BrNO/c14-10-7-5-9(6-8-10)13-11-3-1-2-4-12(11)16-15-13/h1-2,4-8,11,13,15H,3H2.